The SMILES string of the molecule is CCCCCCOc1ccc(/C=N\Nc2nccs2)cc1OC. The number of hydrogen-bond donors (Lipinski definition) is 1. The summed E-state index contributed by atoms with van der Waals surface area (Å²) in [5.74, 6) is 1.49. The van der Waals surface area contributed by atoms with E-state index in [-0.39, 0.29) is 0 Å². The van der Waals surface area contributed by atoms with Gasteiger partial charge in [-0.3, -0.25) is 5.43 Å². The lowest BCUT2D eigenvalue weighted by molar-refractivity contribution is 0.285. The van der Waals surface area contributed by atoms with E-state index in [0.717, 1.165) is 35.2 Å². The molecule has 2 rings (SSSR count). The fraction of sp³-hybridized carbons (Fsp3) is 0.412. The fourth-order valence-electron chi connectivity index (χ4n) is 2.04. The highest BCUT2D eigenvalue weighted by Crippen LogP contribution is 2.27. The third-order valence-corrected chi connectivity index (χ3v) is 3.93. The number of rotatable bonds is 10. The zero-order valence-corrected chi connectivity index (χ0v) is 14.4. The molecule has 23 heavy (non-hydrogen) atoms. The standard InChI is InChI=1S/C17H23N3O2S/c1-3-4-5-6-10-22-15-8-7-14(12-16(15)21-2)13-19-20-17-18-9-11-23-17/h7-9,11-13H,3-6,10H2,1-2H3,(H,18,20)/b19-13-. The van der Waals surface area contributed by atoms with Gasteiger partial charge < -0.3 is 9.47 Å². The van der Waals surface area contributed by atoms with Crippen LogP contribution >= 0.6 is 11.3 Å². The Balaban J connectivity index is 1.89. The molecule has 0 saturated heterocycles. The van der Waals surface area contributed by atoms with Gasteiger partial charge in [-0.1, -0.05) is 26.2 Å². The first-order valence-electron chi connectivity index (χ1n) is 7.83. The summed E-state index contributed by atoms with van der Waals surface area (Å²) in [6.07, 6.45) is 8.21. The number of unbranched alkanes of at least 4 members (excludes halogenated alkanes) is 3. The van der Waals surface area contributed by atoms with Gasteiger partial charge in [0.05, 0.1) is 19.9 Å². The van der Waals surface area contributed by atoms with Crippen molar-refractivity contribution in [1.29, 1.82) is 0 Å². The first-order chi connectivity index (χ1) is 11.3. The Labute approximate surface area is 141 Å². The first-order valence-corrected chi connectivity index (χ1v) is 8.71. The van der Waals surface area contributed by atoms with Crippen LogP contribution < -0.4 is 14.9 Å². The van der Waals surface area contributed by atoms with E-state index in [1.807, 2.05) is 23.6 Å². The highest BCUT2D eigenvalue weighted by molar-refractivity contribution is 7.13. The van der Waals surface area contributed by atoms with E-state index in [2.05, 4.69) is 22.4 Å². The molecule has 0 aliphatic rings. The van der Waals surface area contributed by atoms with Crippen LogP contribution in [0.1, 0.15) is 38.2 Å². The van der Waals surface area contributed by atoms with Gasteiger partial charge in [0, 0.05) is 11.6 Å². The van der Waals surface area contributed by atoms with Gasteiger partial charge >= 0.3 is 0 Å². The molecular formula is C17H23N3O2S. The molecule has 0 bridgehead atoms. The second-order valence-corrected chi connectivity index (χ2v) is 5.92. The van der Waals surface area contributed by atoms with Crippen LogP contribution in [-0.4, -0.2) is 24.9 Å². The number of nitrogens with one attached hydrogen (secondary N) is 1. The molecule has 0 amide bonds. The average Bonchev–Trinajstić information content (AvgIpc) is 3.09. The number of nitrogens with zero attached hydrogens (tertiary/aromatic N) is 2. The molecule has 0 spiro atoms. The zero-order valence-electron chi connectivity index (χ0n) is 13.6. The molecule has 0 saturated carbocycles. The molecule has 6 heteroatoms. The van der Waals surface area contributed by atoms with Gasteiger partial charge in [0.15, 0.2) is 11.5 Å². The molecule has 0 aliphatic carbocycles. The van der Waals surface area contributed by atoms with E-state index in [4.69, 9.17) is 9.47 Å². The topological polar surface area (TPSA) is 55.7 Å². The van der Waals surface area contributed by atoms with E-state index in [1.54, 1.807) is 19.5 Å². The van der Waals surface area contributed by atoms with E-state index in [1.165, 1.54) is 30.6 Å². The number of methoxy groups -OCH3 is 1. The van der Waals surface area contributed by atoms with E-state index < -0.39 is 0 Å². The lowest BCUT2D eigenvalue weighted by atomic mass is 10.2. The van der Waals surface area contributed by atoms with Gasteiger partial charge in [0.2, 0.25) is 5.13 Å². The third kappa shape index (κ3) is 5.90. The molecule has 0 unspecified atom stereocenters. The summed E-state index contributed by atoms with van der Waals surface area (Å²) in [4.78, 5) is 4.10. The molecule has 2 aromatic rings. The Morgan fingerprint density at radius 2 is 2.17 bits per heavy atom. The quantitative estimate of drug-likeness (QED) is 0.393. The van der Waals surface area contributed by atoms with E-state index in [9.17, 15) is 0 Å². The molecule has 1 aromatic carbocycles. The van der Waals surface area contributed by atoms with E-state index in [0.29, 0.717) is 0 Å². The molecule has 0 aliphatic heterocycles. The number of hydrazone groups is 1. The van der Waals surface area contributed by atoms with Gasteiger partial charge in [-0.2, -0.15) is 5.10 Å². The van der Waals surface area contributed by atoms with Crippen LogP contribution in [-0.2, 0) is 0 Å². The van der Waals surface area contributed by atoms with E-state index >= 15 is 0 Å². The number of thiazole rings is 1. The molecule has 1 N–H and O–H groups in total. The molecule has 1 heterocycles. The molecule has 0 atom stereocenters. The highest BCUT2D eigenvalue weighted by Gasteiger charge is 2.05. The maximum absolute atomic E-state index is 5.80. The van der Waals surface area contributed by atoms with Crippen LogP contribution in [0.5, 0.6) is 11.5 Å². The van der Waals surface area contributed by atoms with Gasteiger partial charge in [-0.05, 0) is 30.2 Å². The molecule has 1 aromatic heterocycles. The third-order valence-electron chi connectivity index (χ3n) is 3.25. The molecule has 0 radical (unpaired) electrons. The highest BCUT2D eigenvalue weighted by atomic mass is 32.1. The van der Waals surface area contributed by atoms with Crippen molar-refractivity contribution < 1.29 is 9.47 Å². The van der Waals surface area contributed by atoms with Gasteiger partial charge in [0.25, 0.3) is 0 Å². The van der Waals surface area contributed by atoms with Gasteiger partial charge in [-0.15, -0.1) is 11.3 Å². The van der Waals surface area contributed by atoms with Crippen molar-refractivity contribution in [2.75, 3.05) is 19.1 Å². The summed E-state index contributed by atoms with van der Waals surface area (Å²) in [5, 5.41) is 6.82. The summed E-state index contributed by atoms with van der Waals surface area (Å²) < 4.78 is 11.2. The Kier molecular flexibility index (Phi) is 7.39. The lowest BCUT2D eigenvalue weighted by Gasteiger charge is -2.11. The van der Waals surface area contributed by atoms with Crippen molar-refractivity contribution in [3.05, 3.63) is 35.3 Å². The monoisotopic (exact) mass is 333 g/mol. The van der Waals surface area contributed by atoms with Gasteiger partial charge in [0.1, 0.15) is 0 Å². The minimum atomic E-state index is 0.718. The second kappa shape index (κ2) is 9.84. The van der Waals surface area contributed by atoms with Crippen LogP contribution in [0.3, 0.4) is 0 Å². The lowest BCUT2D eigenvalue weighted by Crippen LogP contribution is -2.00. The second-order valence-electron chi connectivity index (χ2n) is 5.03. The summed E-state index contributed by atoms with van der Waals surface area (Å²) >= 11 is 1.50. The zero-order chi connectivity index (χ0) is 16.3. The predicted octanol–water partition coefficient (Wildman–Crippen LogP) is 4.56. The Hall–Kier alpha value is -2.08. The van der Waals surface area contributed by atoms with Crippen LogP contribution in [0.2, 0.25) is 0 Å². The van der Waals surface area contributed by atoms with Crippen molar-refractivity contribution >= 4 is 22.7 Å². The van der Waals surface area contributed by atoms with Crippen LogP contribution in [0.15, 0.2) is 34.9 Å². The normalized spacial score (nSPS) is 10.9. The summed E-state index contributed by atoms with van der Waals surface area (Å²) in [7, 11) is 1.65. The van der Waals surface area contributed by atoms with Crippen LogP contribution in [0, 0.1) is 0 Å². The number of ether oxygens (including phenoxy) is 2. The Morgan fingerprint density at radius 1 is 1.26 bits per heavy atom. The maximum atomic E-state index is 5.80. The summed E-state index contributed by atoms with van der Waals surface area (Å²) in [6.45, 7) is 2.92. The fourth-order valence-corrected chi connectivity index (χ4v) is 2.51. The molecule has 124 valence electrons. The number of aromatic nitrogens is 1. The Bertz CT molecular complexity index is 600. The van der Waals surface area contributed by atoms with Crippen molar-refractivity contribution in [2.45, 2.75) is 32.6 Å². The number of hydrogen-bond acceptors (Lipinski definition) is 6. The molecule has 5 nitrogen and oxygen atoms in total. The van der Waals surface area contributed by atoms with Crippen molar-refractivity contribution in [3.63, 3.8) is 0 Å². The maximum Gasteiger partial charge on any atom is 0.203 e. The minimum absolute atomic E-state index is 0.718. The molecule has 0 fully saturated rings. The van der Waals surface area contributed by atoms with Crippen molar-refractivity contribution in [1.82, 2.24) is 4.98 Å². The summed E-state index contributed by atoms with van der Waals surface area (Å²) in [5.41, 5.74) is 3.82. The smallest absolute Gasteiger partial charge is 0.203 e. The predicted molar refractivity (Wildman–Crippen MR) is 96.0 cm³/mol. The van der Waals surface area contributed by atoms with Crippen LogP contribution in [0.4, 0.5) is 5.13 Å². The number of benzene rings is 1. The molecular weight excluding hydrogens is 310 g/mol. The number of anilines is 1. The minimum Gasteiger partial charge on any atom is -0.493 e. The van der Waals surface area contributed by atoms with Crippen molar-refractivity contribution in [3.8, 4) is 11.5 Å². The van der Waals surface area contributed by atoms with Crippen LogP contribution in [0.25, 0.3) is 0 Å². The average molecular weight is 333 g/mol. The van der Waals surface area contributed by atoms with Gasteiger partial charge in [-0.25, -0.2) is 4.98 Å². The van der Waals surface area contributed by atoms with Crippen molar-refractivity contribution in [2.24, 2.45) is 5.10 Å². The Morgan fingerprint density at radius 3 is 2.91 bits per heavy atom. The largest absolute Gasteiger partial charge is 0.493 e. The first kappa shape index (κ1) is 17.3. The summed E-state index contributed by atoms with van der Waals surface area (Å²) in [6, 6.07) is 5.79.